The summed E-state index contributed by atoms with van der Waals surface area (Å²) in [5, 5.41) is 5.62. The molecular formula is C35H43N5O7. The van der Waals surface area contributed by atoms with Gasteiger partial charge in [-0.2, -0.15) is 0 Å². The van der Waals surface area contributed by atoms with Gasteiger partial charge in [-0.1, -0.05) is 12.0 Å². The van der Waals surface area contributed by atoms with Gasteiger partial charge in [0.05, 0.1) is 17.4 Å². The number of hydrogen-bond donors (Lipinski definition) is 3. The summed E-state index contributed by atoms with van der Waals surface area (Å²) in [5.74, 6) is 0.865. The zero-order valence-corrected chi connectivity index (χ0v) is 28.0. The van der Waals surface area contributed by atoms with Crippen LogP contribution in [0.25, 0.3) is 10.9 Å². The number of carbonyl (C=O) groups excluding carboxylic acids is 4. The molecule has 0 radical (unpaired) electrons. The number of hydrogen-bond acceptors (Lipinski definition) is 9. The molecule has 250 valence electrons. The molecule has 47 heavy (non-hydrogen) atoms. The van der Waals surface area contributed by atoms with Gasteiger partial charge in [0.15, 0.2) is 0 Å². The lowest BCUT2D eigenvalue weighted by molar-refractivity contribution is -0.158. The Morgan fingerprint density at radius 1 is 1.00 bits per heavy atom. The third-order valence-corrected chi connectivity index (χ3v) is 6.55. The molecule has 1 atom stereocenters. The molecule has 0 spiro atoms. The Kier molecular flexibility index (Phi) is 11.9. The SMILES string of the molecule is C#CCN(Cc1ccc2nc(C)[nH]c(=O)c2c1)c1ccc(C(=O)N[C@@H](CCC(=O)NCC(=O)OC(C)(C)C)C(=O)OC(C)(C)C)cc1. The van der Waals surface area contributed by atoms with E-state index in [2.05, 4.69) is 26.5 Å². The van der Waals surface area contributed by atoms with Gasteiger partial charge in [-0.15, -0.1) is 6.42 Å². The highest BCUT2D eigenvalue weighted by molar-refractivity contribution is 5.97. The number of ether oxygens (including phenoxy) is 2. The van der Waals surface area contributed by atoms with Crippen molar-refractivity contribution in [2.45, 2.75) is 85.1 Å². The number of nitrogens with one attached hydrogen (secondary N) is 3. The molecule has 0 unspecified atom stereocenters. The van der Waals surface area contributed by atoms with Gasteiger partial charge in [-0.05, 0) is 96.8 Å². The van der Waals surface area contributed by atoms with Crippen LogP contribution >= 0.6 is 0 Å². The molecule has 2 amide bonds. The number of anilines is 1. The number of terminal acetylenes is 1. The highest BCUT2D eigenvalue weighted by Crippen LogP contribution is 2.20. The van der Waals surface area contributed by atoms with E-state index in [1.54, 1.807) is 84.9 Å². The summed E-state index contributed by atoms with van der Waals surface area (Å²) in [6, 6.07) is 11.0. The molecule has 3 aromatic rings. The van der Waals surface area contributed by atoms with Crippen LogP contribution < -0.4 is 21.1 Å². The summed E-state index contributed by atoms with van der Waals surface area (Å²) in [5.41, 5.74) is 0.717. The average Bonchev–Trinajstić information content (AvgIpc) is 2.96. The summed E-state index contributed by atoms with van der Waals surface area (Å²) in [6.07, 6.45) is 5.44. The van der Waals surface area contributed by atoms with Crippen molar-refractivity contribution in [3.05, 3.63) is 69.8 Å². The van der Waals surface area contributed by atoms with Gasteiger partial charge in [0.2, 0.25) is 5.91 Å². The normalized spacial score (nSPS) is 12.0. The molecule has 0 aliphatic heterocycles. The fourth-order valence-electron chi connectivity index (χ4n) is 4.57. The summed E-state index contributed by atoms with van der Waals surface area (Å²) >= 11 is 0. The standard InChI is InChI=1S/C35H43N5O7/c1-9-18-40(21-23-10-15-27-26(19-23)32(44)38-22(2)37-27)25-13-11-24(12-14-25)31(43)39-28(33(45)47-35(6,7)8)16-17-29(41)36-20-30(42)46-34(3,4)5/h1,10-15,19,28H,16-18,20-21H2,2-8H3,(H,36,41)(H,39,43)(H,37,38,44)/t28-/m0/s1. The van der Waals surface area contributed by atoms with Crippen molar-refractivity contribution in [3.63, 3.8) is 0 Å². The van der Waals surface area contributed by atoms with Gasteiger partial charge < -0.3 is 30.0 Å². The predicted molar refractivity (Wildman–Crippen MR) is 179 cm³/mol. The molecule has 0 aliphatic rings. The van der Waals surface area contributed by atoms with Crippen molar-refractivity contribution in [2.75, 3.05) is 18.0 Å². The quantitative estimate of drug-likeness (QED) is 0.198. The molecule has 1 aromatic heterocycles. The number of aromatic amines is 1. The number of esters is 2. The maximum absolute atomic E-state index is 13.2. The zero-order chi connectivity index (χ0) is 34.9. The van der Waals surface area contributed by atoms with Crippen LogP contribution in [0.2, 0.25) is 0 Å². The van der Waals surface area contributed by atoms with Crippen LogP contribution in [-0.2, 0) is 30.4 Å². The van der Waals surface area contributed by atoms with Crippen LogP contribution in [-0.4, -0.2) is 64.1 Å². The van der Waals surface area contributed by atoms with Gasteiger partial charge >= 0.3 is 11.9 Å². The zero-order valence-electron chi connectivity index (χ0n) is 28.0. The van der Waals surface area contributed by atoms with E-state index in [1.165, 1.54) is 0 Å². The number of fused-ring (bicyclic) bond motifs is 1. The Hall–Kier alpha value is -5.18. The number of benzene rings is 2. The van der Waals surface area contributed by atoms with Gasteiger partial charge in [-0.3, -0.25) is 19.2 Å². The Labute approximate surface area is 274 Å². The second kappa shape index (κ2) is 15.4. The number of aromatic nitrogens is 2. The predicted octanol–water partition coefficient (Wildman–Crippen LogP) is 3.55. The monoisotopic (exact) mass is 645 g/mol. The molecule has 0 fully saturated rings. The van der Waals surface area contributed by atoms with E-state index in [4.69, 9.17) is 15.9 Å². The maximum atomic E-state index is 13.2. The number of aryl methyl sites for hydroxylation is 1. The van der Waals surface area contributed by atoms with E-state index in [9.17, 15) is 24.0 Å². The van der Waals surface area contributed by atoms with Crippen molar-refractivity contribution >= 4 is 40.3 Å². The molecule has 3 rings (SSSR count). The molecule has 0 aliphatic carbocycles. The summed E-state index contributed by atoms with van der Waals surface area (Å²) in [4.78, 5) is 72.0. The minimum Gasteiger partial charge on any atom is -0.459 e. The minimum absolute atomic E-state index is 0.0570. The van der Waals surface area contributed by atoms with E-state index < -0.39 is 41.0 Å². The van der Waals surface area contributed by atoms with Crippen LogP contribution in [0, 0.1) is 19.3 Å². The molecule has 2 aromatic carbocycles. The smallest absolute Gasteiger partial charge is 0.329 e. The lowest BCUT2D eigenvalue weighted by Gasteiger charge is -2.25. The molecule has 0 saturated heterocycles. The topological polar surface area (TPSA) is 160 Å². The Balaban J connectivity index is 1.70. The highest BCUT2D eigenvalue weighted by Gasteiger charge is 2.28. The van der Waals surface area contributed by atoms with Crippen molar-refractivity contribution in [1.29, 1.82) is 0 Å². The van der Waals surface area contributed by atoms with Crippen molar-refractivity contribution in [2.24, 2.45) is 0 Å². The lowest BCUT2D eigenvalue weighted by Crippen LogP contribution is -2.45. The molecule has 3 N–H and O–H groups in total. The van der Waals surface area contributed by atoms with Crippen molar-refractivity contribution < 1.29 is 28.7 Å². The first-order chi connectivity index (χ1) is 21.9. The maximum Gasteiger partial charge on any atom is 0.329 e. The Morgan fingerprint density at radius 2 is 1.66 bits per heavy atom. The van der Waals surface area contributed by atoms with Gasteiger partial charge in [0, 0.05) is 24.2 Å². The fraction of sp³-hybridized carbons (Fsp3) is 0.429. The van der Waals surface area contributed by atoms with E-state index >= 15 is 0 Å². The number of carbonyl (C=O) groups is 4. The molecular weight excluding hydrogens is 602 g/mol. The third kappa shape index (κ3) is 11.6. The van der Waals surface area contributed by atoms with E-state index in [0.717, 1.165) is 11.3 Å². The molecule has 12 heteroatoms. The molecule has 0 bridgehead atoms. The number of amides is 2. The van der Waals surface area contributed by atoms with E-state index in [0.29, 0.717) is 23.3 Å². The number of H-pyrrole nitrogens is 1. The van der Waals surface area contributed by atoms with Crippen molar-refractivity contribution in [1.82, 2.24) is 20.6 Å². The first-order valence-corrected chi connectivity index (χ1v) is 15.2. The fourth-order valence-corrected chi connectivity index (χ4v) is 4.57. The van der Waals surface area contributed by atoms with E-state index in [1.807, 2.05) is 11.0 Å². The van der Waals surface area contributed by atoms with E-state index in [-0.39, 0.29) is 37.1 Å². The van der Waals surface area contributed by atoms with Crippen LogP contribution in [0.15, 0.2) is 47.3 Å². The Morgan fingerprint density at radius 3 is 2.28 bits per heavy atom. The first-order valence-electron chi connectivity index (χ1n) is 15.2. The second-order valence-corrected chi connectivity index (χ2v) is 13.1. The number of rotatable bonds is 12. The van der Waals surface area contributed by atoms with Crippen LogP contribution in [0.4, 0.5) is 5.69 Å². The summed E-state index contributed by atoms with van der Waals surface area (Å²) in [7, 11) is 0. The van der Waals surface area contributed by atoms with Gasteiger partial charge in [0.1, 0.15) is 29.6 Å². The Bertz CT molecular complexity index is 1710. The average molecular weight is 646 g/mol. The first kappa shape index (κ1) is 36.3. The minimum atomic E-state index is -1.12. The van der Waals surface area contributed by atoms with Crippen molar-refractivity contribution in [3.8, 4) is 12.3 Å². The second-order valence-electron chi connectivity index (χ2n) is 13.1. The lowest BCUT2D eigenvalue weighted by atomic mass is 10.1. The summed E-state index contributed by atoms with van der Waals surface area (Å²) < 4.78 is 10.7. The van der Waals surface area contributed by atoms with Crippen LogP contribution in [0.3, 0.4) is 0 Å². The van der Waals surface area contributed by atoms with Crippen LogP contribution in [0.1, 0.15) is 76.1 Å². The summed E-state index contributed by atoms with van der Waals surface area (Å²) in [6.45, 7) is 12.3. The van der Waals surface area contributed by atoms with Gasteiger partial charge in [-0.25, -0.2) is 9.78 Å². The number of nitrogens with zero attached hydrogens (tertiary/aromatic N) is 2. The molecule has 1 heterocycles. The van der Waals surface area contributed by atoms with Crippen LogP contribution in [0.5, 0.6) is 0 Å². The molecule has 12 nitrogen and oxygen atoms in total. The van der Waals surface area contributed by atoms with Gasteiger partial charge in [0.25, 0.3) is 11.5 Å². The molecule has 0 saturated carbocycles. The third-order valence-electron chi connectivity index (χ3n) is 6.55. The highest BCUT2D eigenvalue weighted by atomic mass is 16.6. The largest absolute Gasteiger partial charge is 0.459 e.